The highest BCUT2D eigenvalue weighted by Gasteiger charge is 2.17. The molecule has 0 saturated heterocycles. The zero-order valence-electron chi connectivity index (χ0n) is 15.8. The fourth-order valence-corrected chi connectivity index (χ4v) is 2.56. The Hall–Kier alpha value is -3.02. The van der Waals surface area contributed by atoms with Crippen molar-refractivity contribution < 1.29 is 19.1 Å². The second-order valence-corrected chi connectivity index (χ2v) is 6.65. The van der Waals surface area contributed by atoms with Crippen LogP contribution in [-0.2, 0) is 9.63 Å². The Morgan fingerprint density at radius 3 is 2.48 bits per heavy atom. The molecule has 0 radical (unpaired) electrons. The van der Waals surface area contributed by atoms with Crippen molar-refractivity contribution in [1.82, 2.24) is 0 Å². The van der Waals surface area contributed by atoms with Crippen LogP contribution in [0.3, 0.4) is 0 Å². The molecule has 27 heavy (non-hydrogen) atoms. The van der Waals surface area contributed by atoms with Crippen molar-refractivity contribution in [2.45, 2.75) is 32.8 Å². The molecular weight excluding hydrogens is 344 g/mol. The number of rotatable bonds is 6. The van der Waals surface area contributed by atoms with E-state index in [1.54, 1.807) is 31.3 Å². The van der Waals surface area contributed by atoms with E-state index in [-0.39, 0.29) is 5.91 Å². The number of fused-ring (bicyclic) bond motifs is 1. The Morgan fingerprint density at radius 1 is 1.07 bits per heavy atom. The van der Waals surface area contributed by atoms with Gasteiger partial charge < -0.3 is 19.6 Å². The van der Waals surface area contributed by atoms with E-state index in [2.05, 4.69) is 36.5 Å². The fraction of sp³-hybridized carbons (Fsp3) is 0.333. The third kappa shape index (κ3) is 5.00. The first-order chi connectivity index (χ1) is 13.0. The largest absolute Gasteiger partial charge is 0.486 e. The topological polar surface area (TPSA) is 69.2 Å². The molecule has 1 aliphatic heterocycles. The van der Waals surface area contributed by atoms with Gasteiger partial charge in [0.15, 0.2) is 11.5 Å². The number of nitrogens with one attached hydrogen (secondary N) is 1. The van der Waals surface area contributed by atoms with Crippen LogP contribution in [0.5, 0.6) is 11.5 Å². The Bertz CT molecular complexity index is 815. The molecule has 1 amide bonds. The van der Waals surface area contributed by atoms with Gasteiger partial charge in [0, 0.05) is 11.8 Å². The summed E-state index contributed by atoms with van der Waals surface area (Å²) in [7, 11) is 0. The van der Waals surface area contributed by atoms with Crippen LogP contribution in [0.4, 0.5) is 5.69 Å². The standard InChI is InChI=1S/C21H24N2O4/c1-14(2)17-6-4-16(5-7-17)13-22-27-15(3)21(24)23-18-8-9-19-20(12-18)26-11-10-25-19/h4-9,12-15H,10-11H2,1-3H3,(H,23,24)/b22-13-/t15-/m0/s1. The first-order valence-corrected chi connectivity index (χ1v) is 9.02. The number of ether oxygens (including phenoxy) is 2. The van der Waals surface area contributed by atoms with Crippen molar-refractivity contribution in [3.05, 3.63) is 53.6 Å². The van der Waals surface area contributed by atoms with Crippen LogP contribution < -0.4 is 14.8 Å². The van der Waals surface area contributed by atoms with E-state index in [0.29, 0.717) is 36.3 Å². The van der Waals surface area contributed by atoms with Gasteiger partial charge in [-0.05, 0) is 36.1 Å². The molecule has 0 spiro atoms. The van der Waals surface area contributed by atoms with Gasteiger partial charge in [0.1, 0.15) is 13.2 Å². The lowest BCUT2D eigenvalue weighted by atomic mass is 10.0. The minimum absolute atomic E-state index is 0.293. The summed E-state index contributed by atoms with van der Waals surface area (Å²) in [6, 6.07) is 13.3. The lowest BCUT2D eigenvalue weighted by Gasteiger charge is -2.19. The molecule has 2 aromatic carbocycles. The van der Waals surface area contributed by atoms with Crippen molar-refractivity contribution >= 4 is 17.8 Å². The summed E-state index contributed by atoms with van der Waals surface area (Å²) in [6.07, 6.45) is 0.863. The van der Waals surface area contributed by atoms with Crippen LogP contribution in [0.1, 0.15) is 37.8 Å². The molecule has 3 rings (SSSR count). The van der Waals surface area contributed by atoms with E-state index in [4.69, 9.17) is 14.3 Å². The molecule has 0 bridgehead atoms. The molecule has 0 saturated carbocycles. The fourth-order valence-electron chi connectivity index (χ4n) is 2.56. The average Bonchev–Trinajstić information content (AvgIpc) is 2.68. The Labute approximate surface area is 159 Å². The van der Waals surface area contributed by atoms with Crippen molar-refractivity contribution in [2.24, 2.45) is 5.16 Å². The van der Waals surface area contributed by atoms with Gasteiger partial charge in [0.2, 0.25) is 6.10 Å². The van der Waals surface area contributed by atoms with E-state index in [9.17, 15) is 4.79 Å². The summed E-state index contributed by atoms with van der Waals surface area (Å²) >= 11 is 0. The number of carbonyl (C=O) groups is 1. The van der Waals surface area contributed by atoms with Gasteiger partial charge in [0.05, 0.1) is 6.21 Å². The summed E-state index contributed by atoms with van der Waals surface area (Å²) < 4.78 is 11.0. The van der Waals surface area contributed by atoms with Gasteiger partial charge >= 0.3 is 0 Å². The Morgan fingerprint density at radius 2 is 1.78 bits per heavy atom. The highest BCUT2D eigenvalue weighted by atomic mass is 16.6. The monoisotopic (exact) mass is 368 g/mol. The minimum atomic E-state index is -0.732. The maximum atomic E-state index is 12.3. The first-order valence-electron chi connectivity index (χ1n) is 9.02. The third-order valence-electron chi connectivity index (χ3n) is 4.20. The van der Waals surface area contributed by atoms with E-state index < -0.39 is 6.10 Å². The minimum Gasteiger partial charge on any atom is -0.486 e. The summed E-state index contributed by atoms with van der Waals surface area (Å²) in [5.41, 5.74) is 2.80. The van der Waals surface area contributed by atoms with Crippen molar-refractivity contribution in [2.75, 3.05) is 18.5 Å². The molecule has 6 heteroatoms. The van der Waals surface area contributed by atoms with Gasteiger partial charge in [-0.2, -0.15) is 0 Å². The van der Waals surface area contributed by atoms with Crippen LogP contribution in [0.2, 0.25) is 0 Å². The molecular formula is C21H24N2O4. The number of oxime groups is 1. The summed E-state index contributed by atoms with van der Waals surface area (Å²) in [5, 5.41) is 6.71. The average molecular weight is 368 g/mol. The number of hydrogen-bond donors (Lipinski definition) is 1. The zero-order valence-corrected chi connectivity index (χ0v) is 15.8. The Balaban J connectivity index is 1.53. The molecule has 0 aliphatic carbocycles. The van der Waals surface area contributed by atoms with Gasteiger partial charge in [0.25, 0.3) is 5.91 Å². The molecule has 1 heterocycles. The van der Waals surface area contributed by atoms with Crippen LogP contribution in [0, 0.1) is 0 Å². The molecule has 0 unspecified atom stereocenters. The summed E-state index contributed by atoms with van der Waals surface area (Å²) in [4.78, 5) is 17.5. The molecule has 2 aromatic rings. The molecule has 6 nitrogen and oxygen atoms in total. The second kappa shape index (κ2) is 8.58. The molecule has 1 N–H and O–H groups in total. The zero-order chi connectivity index (χ0) is 19.2. The van der Waals surface area contributed by atoms with E-state index >= 15 is 0 Å². The van der Waals surface area contributed by atoms with Gasteiger partial charge in [-0.15, -0.1) is 0 Å². The van der Waals surface area contributed by atoms with Crippen molar-refractivity contribution in [1.29, 1.82) is 0 Å². The molecule has 142 valence electrons. The first kappa shape index (κ1) is 18.8. The SMILES string of the molecule is CC(C)c1ccc(/C=N\O[C@@H](C)C(=O)Nc2ccc3c(c2)OCCO3)cc1. The third-order valence-corrected chi connectivity index (χ3v) is 4.20. The highest BCUT2D eigenvalue weighted by molar-refractivity contribution is 5.94. The number of amides is 1. The Kier molecular flexibility index (Phi) is 5.96. The summed E-state index contributed by atoms with van der Waals surface area (Å²) in [6.45, 7) is 6.97. The number of hydrogen-bond acceptors (Lipinski definition) is 5. The predicted octanol–water partition coefficient (Wildman–Crippen LogP) is 3.96. The number of benzene rings is 2. The maximum Gasteiger partial charge on any atom is 0.267 e. The van der Waals surface area contributed by atoms with Gasteiger partial charge in [-0.1, -0.05) is 43.3 Å². The van der Waals surface area contributed by atoms with Crippen LogP contribution in [0.25, 0.3) is 0 Å². The van der Waals surface area contributed by atoms with E-state index in [1.807, 2.05) is 12.1 Å². The van der Waals surface area contributed by atoms with Crippen LogP contribution in [0.15, 0.2) is 47.6 Å². The van der Waals surface area contributed by atoms with Crippen molar-refractivity contribution in [3.63, 3.8) is 0 Å². The normalized spacial score (nSPS) is 14.2. The quantitative estimate of drug-likeness (QED) is 0.619. The van der Waals surface area contributed by atoms with Crippen LogP contribution >= 0.6 is 0 Å². The van der Waals surface area contributed by atoms with Crippen LogP contribution in [-0.4, -0.2) is 31.4 Å². The smallest absolute Gasteiger partial charge is 0.267 e. The number of nitrogens with zero attached hydrogens (tertiary/aromatic N) is 1. The lowest BCUT2D eigenvalue weighted by molar-refractivity contribution is -0.126. The van der Waals surface area contributed by atoms with Crippen molar-refractivity contribution in [3.8, 4) is 11.5 Å². The number of carbonyl (C=O) groups excluding carboxylic acids is 1. The maximum absolute atomic E-state index is 12.3. The predicted molar refractivity (Wildman–Crippen MR) is 105 cm³/mol. The molecule has 0 aromatic heterocycles. The highest BCUT2D eigenvalue weighted by Crippen LogP contribution is 2.32. The molecule has 0 fully saturated rings. The molecule has 1 aliphatic rings. The van der Waals surface area contributed by atoms with Gasteiger partial charge in [-0.25, -0.2) is 0 Å². The van der Waals surface area contributed by atoms with E-state index in [1.165, 1.54) is 5.56 Å². The van der Waals surface area contributed by atoms with E-state index in [0.717, 1.165) is 5.56 Å². The molecule has 1 atom stereocenters. The second-order valence-electron chi connectivity index (χ2n) is 6.65. The van der Waals surface area contributed by atoms with Gasteiger partial charge in [-0.3, -0.25) is 4.79 Å². The number of anilines is 1. The lowest BCUT2D eigenvalue weighted by Crippen LogP contribution is -2.26. The summed E-state index contributed by atoms with van der Waals surface area (Å²) in [5.74, 6) is 1.49.